The molecule has 1 spiro atoms. The Bertz CT molecular complexity index is 298. The zero-order valence-corrected chi connectivity index (χ0v) is 13.9. The fraction of sp³-hybridized carbons (Fsp3) is 1.00. The Morgan fingerprint density at radius 2 is 1.86 bits per heavy atom. The fourth-order valence-corrected chi connectivity index (χ4v) is 4.63. The molecule has 1 saturated carbocycles. The van der Waals surface area contributed by atoms with Gasteiger partial charge >= 0.3 is 0 Å². The molecule has 2 unspecified atom stereocenters. The van der Waals surface area contributed by atoms with Crippen molar-refractivity contribution in [1.82, 2.24) is 10.2 Å². The lowest BCUT2D eigenvalue weighted by atomic mass is 9.68. The SMILES string of the molecule is CC(CNCC1CCCO1)N1CCC2(CCCCC2)CC1. The number of likely N-dealkylation sites (tertiary alicyclic amines) is 1. The molecule has 0 radical (unpaired) electrons. The molecule has 1 aliphatic carbocycles. The first-order valence-corrected chi connectivity index (χ1v) is 9.34. The molecule has 3 rings (SSSR count). The molecular weight excluding hydrogens is 260 g/mol. The van der Waals surface area contributed by atoms with Crippen molar-refractivity contribution in [2.24, 2.45) is 5.41 Å². The maximum absolute atomic E-state index is 5.68. The predicted octanol–water partition coefficient (Wildman–Crippen LogP) is 3.19. The van der Waals surface area contributed by atoms with Gasteiger partial charge in [0.25, 0.3) is 0 Å². The van der Waals surface area contributed by atoms with Crippen LogP contribution < -0.4 is 5.32 Å². The summed E-state index contributed by atoms with van der Waals surface area (Å²) < 4.78 is 5.68. The minimum Gasteiger partial charge on any atom is -0.377 e. The topological polar surface area (TPSA) is 24.5 Å². The highest BCUT2D eigenvalue weighted by molar-refractivity contribution is 4.89. The minimum atomic E-state index is 0.476. The van der Waals surface area contributed by atoms with E-state index >= 15 is 0 Å². The normalized spacial score (nSPS) is 31.6. The van der Waals surface area contributed by atoms with Gasteiger partial charge in [-0.2, -0.15) is 0 Å². The molecule has 0 amide bonds. The van der Waals surface area contributed by atoms with Crippen molar-refractivity contribution < 1.29 is 4.74 Å². The average molecular weight is 294 g/mol. The quantitative estimate of drug-likeness (QED) is 0.843. The molecule has 2 atom stereocenters. The second-order valence-electron chi connectivity index (χ2n) is 7.74. The standard InChI is InChI=1S/C18H34N2O/c1-16(14-19-15-17-6-5-13-21-17)20-11-9-18(10-12-20)7-3-2-4-8-18/h16-17,19H,2-15H2,1H3. The van der Waals surface area contributed by atoms with E-state index in [0.717, 1.165) is 25.1 Å². The van der Waals surface area contributed by atoms with Crippen LogP contribution in [0.2, 0.25) is 0 Å². The van der Waals surface area contributed by atoms with Crippen molar-refractivity contribution in [2.45, 2.75) is 76.9 Å². The van der Waals surface area contributed by atoms with Crippen LogP contribution in [0.4, 0.5) is 0 Å². The number of hydrogen-bond donors (Lipinski definition) is 1. The van der Waals surface area contributed by atoms with Crippen LogP contribution in [0.3, 0.4) is 0 Å². The smallest absolute Gasteiger partial charge is 0.0700 e. The van der Waals surface area contributed by atoms with E-state index in [1.165, 1.54) is 70.9 Å². The molecular formula is C18H34N2O. The molecule has 3 aliphatic rings. The monoisotopic (exact) mass is 294 g/mol. The molecule has 3 heteroatoms. The van der Waals surface area contributed by atoms with E-state index < -0.39 is 0 Å². The van der Waals surface area contributed by atoms with Crippen LogP contribution in [0, 0.1) is 5.41 Å². The van der Waals surface area contributed by atoms with Gasteiger partial charge in [-0.15, -0.1) is 0 Å². The Labute approximate surface area is 130 Å². The molecule has 2 saturated heterocycles. The summed E-state index contributed by atoms with van der Waals surface area (Å²) in [5.41, 5.74) is 0.736. The van der Waals surface area contributed by atoms with Gasteiger partial charge in [0.05, 0.1) is 6.10 Å². The van der Waals surface area contributed by atoms with E-state index in [9.17, 15) is 0 Å². The molecule has 0 bridgehead atoms. The number of nitrogens with zero attached hydrogens (tertiary/aromatic N) is 1. The maximum atomic E-state index is 5.68. The summed E-state index contributed by atoms with van der Waals surface area (Å²) in [5.74, 6) is 0. The summed E-state index contributed by atoms with van der Waals surface area (Å²) in [4.78, 5) is 2.71. The first-order chi connectivity index (χ1) is 10.3. The third kappa shape index (κ3) is 4.20. The summed E-state index contributed by atoms with van der Waals surface area (Å²) in [7, 11) is 0. The van der Waals surface area contributed by atoms with Crippen molar-refractivity contribution in [3.8, 4) is 0 Å². The Kier molecular flexibility index (Phi) is 5.58. The third-order valence-corrected chi connectivity index (χ3v) is 6.23. The van der Waals surface area contributed by atoms with Gasteiger partial charge in [-0.3, -0.25) is 4.90 Å². The first-order valence-electron chi connectivity index (χ1n) is 9.34. The average Bonchev–Trinajstić information content (AvgIpc) is 3.02. The lowest BCUT2D eigenvalue weighted by Gasteiger charge is -2.46. The first kappa shape index (κ1) is 15.8. The molecule has 3 nitrogen and oxygen atoms in total. The van der Waals surface area contributed by atoms with Gasteiger partial charge in [-0.25, -0.2) is 0 Å². The second-order valence-corrected chi connectivity index (χ2v) is 7.74. The van der Waals surface area contributed by atoms with E-state index in [-0.39, 0.29) is 0 Å². The Morgan fingerprint density at radius 3 is 2.52 bits per heavy atom. The van der Waals surface area contributed by atoms with Crippen molar-refractivity contribution in [3.05, 3.63) is 0 Å². The predicted molar refractivity (Wildman–Crippen MR) is 87.6 cm³/mol. The van der Waals surface area contributed by atoms with Crippen LogP contribution in [-0.2, 0) is 4.74 Å². The van der Waals surface area contributed by atoms with Gasteiger partial charge in [-0.05, 0) is 64.0 Å². The number of ether oxygens (including phenoxy) is 1. The molecule has 0 aromatic rings. The van der Waals surface area contributed by atoms with E-state index in [2.05, 4.69) is 17.1 Å². The number of piperidine rings is 1. The van der Waals surface area contributed by atoms with Gasteiger partial charge in [0.15, 0.2) is 0 Å². The Hall–Kier alpha value is -0.120. The third-order valence-electron chi connectivity index (χ3n) is 6.23. The van der Waals surface area contributed by atoms with Crippen molar-refractivity contribution in [2.75, 3.05) is 32.8 Å². The summed E-state index contributed by atoms with van der Waals surface area (Å²) >= 11 is 0. The summed E-state index contributed by atoms with van der Waals surface area (Å²) in [6.45, 7) is 8.16. The van der Waals surface area contributed by atoms with E-state index in [1.54, 1.807) is 0 Å². The fourth-order valence-electron chi connectivity index (χ4n) is 4.63. The highest BCUT2D eigenvalue weighted by Crippen LogP contribution is 2.44. The highest BCUT2D eigenvalue weighted by atomic mass is 16.5. The highest BCUT2D eigenvalue weighted by Gasteiger charge is 2.36. The lowest BCUT2D eigenvalue weighted by Crippen LogP contribution is -2.48. The van der Waals surface area contributed by atoms with Crippen LogP contribution in [0.25, 0.3) is 0 Å². The molecule has 1 N–H and O–H groups in total. The Balaban J connectivity index is 1.35. The van der Waals surface area contributed by atoms with Crippen LogP contribution in [0.5, 0.6) is 0 Å². The lowest BCUT2D eigenvalue weighted by molar-refractivity contribution is 0.0475. The molecule has 3 fully saturated rings. The number of hydrogen-bond acceptors (Lipinski definition) is 3. The van der Waals surface area contributed by atoms with Gasteiger partial charge in [-0.1, -0.05) is 19.3 Å². The molecule has 2 aliphatic heterocycles. The maximum Gasteiger partial charge on any atom is 0.0700 e. The second kappa shape index (κ2) is 7.43. The van der Waals surface area contributed by atoms with Crippen molar-refractivity contribution >= 4 is 0 Å². The zero-order chi connectivity index (χ0) is 14.5. The van der Waals surface area contributed by atoms with Gasteiger partial charge in [0.2, 0.25) is 0 Å². The minimum absolute atomic E-state index is 0.476. The van der Waals surface area contributed by atoms with Gasteiger partial charge < -0.3 is 10.1 Å². The van der Waals surface area contributed by atoms with Crippen LogP contribution in [-0.4, -0.2) is 49.8 Å². The van der Waals surface area contributed by atoms with Crippen molar-refractivity contribution in [3.63, 3.8) is 0 Å². The summed E-state index contributed by atoms with van der Waals surface area (Å²) in [5, 5.41) is 3.63. The van der Waals surface area contributed by atoms with Gasteiger partial charge in [0.1, 0.15) is 0 Å². The zero-order valence-electron chi connectivity index (χ0n) is 13.9. The van der Waals surface area contributed by atoms with Gasteiger partial charge in [0, 0.05) is 25.7 Å². The Morgan fingerprint density at radius 1 is 1.10 bits per heavy atom. The molecule has 21 heavy (non-hydrogen) atoms. The molecule has 0 aromatic heterocycles. The largest absolute Gasteiger partial charge is 0.377 e. The van der Waals surface area contributed by atoms with E-state index in [0.29, 0.717) is 12.1 Å². The van der Waals surface area contributed by atoms with E-state index in [4.69, 9.17) is 4.74 Å². The molecule has 0 aromatic carbocycles. The van der Waals surface area contributed by atoms with Crippen LogP contribution in [0.15, 0.2) is 0 Å². The van der Waals surface area contributed by atoms with Crippen LogP contribution in [0.1, 0.15) is 64.7 Å². The van der Waals surface area contributed by atoms with Crippen LogP contribution >= 0.6 is 0 Å². The molecule has 122 valence electrons. The van der Waals surface area contributed by atoms with Crippen molar-refractivity contribution in [1.29, 1.82) is 0 Å². The van der Waals surface area contributed by atoms with E-state index in [1.807, 2.05) is 0 Å². The molecule has 2 heterocycles. The number of rotatable bonds is 5. The number of nitrogens with one attached hydrogen (secondary N) is 1. The summed E-state index contributed by atoms with van der Waals surface area (Å²) in [6.07, 6.45) is 13.3. The summed E-state index contributed by atoms with van der Waals surface area (Å²) in [6, 6.07) is 0.673.